The molecule has 1 aromatic carbocycles. The van der Waals surface area contributed by atoms with Crippen LogP contribution in [0.3, 0.4) is 0 Å². The van der Waals surface area contributed by atoms with E-state index in [4.69, 9.17) is 19.3 Å². The highest BCUT2D eigenvalue weighted by molar-refractivity contribution is 7.89. The molecule has 0 bridgehead atoms. The zero-order valence-corrected chi connectivity index (χ0v) is 19.3. The van der Waals surface area contributed by atoms with Gasteiger partial charge in [0.25, 0.3) is 0 Å². The van der Waals surface area contributed by atoms with Gasteiger partial charge < -0.3 is 19.3 Å². The average Bonchev–Trinajstić information content (AvgIpc) is 3.55. The van der Waals surface area contributed by atoms with Crippen molar-refractivity contribution >= 4 is 22.1 Å². The number of aliphatic carboxylic acids is 1. The van der Waals surface area contributed by atoms with Gasteiger partial charge in [-0.2, -0.15) is 0 Å². The first-order valence-electron chi connectivity index (χ1n) is 10.6. The summed E-state index contributed by atoms with van der Waals surface area (Å²) < 4.78 is 43.2. The fraction of sp³-hybridized carbons (Fsp3) is 0.619. The van der Waals surface area contributed by atoms with Crippen LogP contribution in [0.15, 0.2) is 24.3 Å². The normalized spacial score (nSPS) is 14.6. The third kappa shape index (κ3) is 9.84. The van der Waals surface area contributed by atoms with Crippen molar-refractivity contribution in [3.8, 4) is 5.75 Å². The van der Waals surface area contributed by atoms with Crippen LogP contribution in [0.2, 0.25) is 0 Å². The Labute approximate surface area is 188 Å². The molecular formula is C21H32N2O8S. The van der Waals surface area contributed by atoms with Crippen LogP contribution in [0.1, 0.15) is 44.7 Å². The van der Waals surface area contributed by atoms with Crippen molar-refractivity contribution in [2.75, 3.05) is 38.8 Å². The SMILES string of the molecule is CCOC(=O)N(COCCCS(=O)(=O)NC(C)c1cccc(OCC2CC2)c1)CC(=O)O. The second-order valence-electron chi connectivity index (χ2n) is 7.67. The number of carboxylic acids is 1. The van der Waals surface area contributed by atoms with E-state index < -0.39 is 34.7 Å². The molecule has 1 saturated carbocycles. The summed E-state index contributed by atoms with van der Waals surface area (Å²) in [7, 11) is -3.57. The molecule has 180 valence electrons. The lowest BCUT2D eigenvalue weighted by Crippen LogP contribution is -2.38. The van der Waals surface area contributed by atoms with E-state index in [-0.39, 0.29) is 32.1 Å². The minimum atomic E-state index is -3.57. The third-order valence-corrected chi connectivity index (χ3v) is 6.24. The van der Waals surface area contributed by atoms with E-state index in [1.54, 1.807) is 13.8 Å². The van der Waals surface area contributed by atoms with Gasteiger partial charge in [-0.05, 0) is 56.7 Å². The summed E-state index contributed by atoms with van der Waals surface area (Å²) in [4.78, 5) is 23.4. The molecule has 1 aliphatic carbocycles. The Morgan fingerprint density at radius 1 is 1.31 bits per heavy atom. The molecule has 1 aromatic rings. The average molecular weight is 473 g/mol. The molecule has 0 spiro atoms. The molecule has 32 heavy (non-hydrogen) atoms. The minimum absolute atomic E-state index is 0.0370. The number of carbonyl (C=O) groups excluding carboxylic acids is 1. The molecule has 1 amide bonds. The Balaban J connectivity index is 1.74. The summed E-state index contributed by atoms with van der Waals surface area (Å²) in [5.41, 5.74) is 0.803. The molecule has 1 atom stereocenters. The summed E-state index contributed by atoms with van der Waals surface area (Å²) in [6.45, 7) is 3.32. The Morgan fingerprint density at radius 2 is 2.06 bits per heavy atom. The lowest BCUT2D eigenvalue weighted by molar-refractivity contribution is -0.139. The molecule has 10 nitrogen and oxygen atoms in total. The van der Waals surface area contributed by atoms with Crippen molar-refractivity contribution in [2.24, 2.45) is 5.92 Å². The van der Waals surface area contributed by atoms with Gasteiger partial charge in [0, 0.05) is 12.6 Å². The van der Waals surface area contributed by atoms with Gasteiger partial charge in [0.2, 0.25) is 10.0 Å². The molecule has 1 unspecified atom stereocenters. The Hall–Kier alpha value is -2.37. The molecule has 0 heterocycles. The van der Waals surface area contributed by atoms with E-state index in [1.165, 1.54) is 12.8 Å². The van der Waals surface area contributed by atoms with Crippen molar-refractivity contribution in [3.05, 3.63) is 29.8 Å². The number of rotatable bonds is 15. The number of hydrogen-bond donors (Lipinski definition) is 2. The van der Waals surface area contributed by atoms with Gasteiger partial charge >= 0.3 is 12.1 Å². The molecule has 11 heteroatoms. The fourth-order valence-electron chi connectivity index (χ4n) is 2.84. The Bertz CT molecular complexity index is 857. The molecule has 0 radical (unpaired) electrons. The maximum absolute atomic E-state index is 12.4. The zero-order chi connectivity index (χ0) is 23.6. The molecule has 0 saturated heterocycles. The van der Waals surface area contributed by atoms with Gasteiger partial charge in [-0.25, -0.2) is 17.9 Å². The van der Waals surface area contributed by atoms with Gasteiger partial charge in [0.1, 0.15) is 19.0 Å². The Morgan fingerprint density at radius 3 is 2.72 bits per heavy atom. The van der Waals surface area contributed by atoms with E-state index in [2.05, 4.69) is 4.72 Å². The lowest BCUT2D eigenvalue weighted by Gasteiger charge is -2.20. The molecular weight excluding hydrogens is 440 g/mol. The van der Waals surface area contributed by atoms with Gasteiger partial charge in [-0.1, -0.05) is 12.1 Å². The zero-order valence-electron chi connectivity index (χ0n) is 18.5. The molecule has 1 aliphatic rings. The second-order valence-corrected chi connectivity index (χ2v) is 9.54. The highest BCUT2D eigenvalue weighted by Crippen LogP contribution is 2.30. The first-order valence-corrected chi connectivity index (χ1v) is 12.3. The number of carbonyl (C=O) groups is 2. The van der Waals surface area contributed by atoms with Gasteiger partial charge in [-0.3, -0.25) is 9.69 Å². The highest BCUT2D eigenvalue weighted by Gasteiger charge is 2.22. The smallest absolute Gasteiger partial charge is 0.412 e. The van der Waals surface area contributed by atoms with Crippen LogP contribution in [-0.2, 0) is 24.3 Å². The van der Waals surface area contributed by atoms with Crippen molar-refractivity contribution in [1.82, 2.24) is 9.62 Å². The summed E-state index contributed by atoms with van der Waals surface area (Å²) in [5.74, 6) is -0.0239. The molecule has 0 aromatic heterocycles. The highest BCUT2D eigenvalue weighted by atomic mass is 32.2. The molecule has 2 N–H and O–H groups in total. The van der Waals surface area contributed by atoms with E-state index in [1.807, 2.05) is 24.3 Å². The van der Waals surface area contributed by atoms with E-state index in [0.717, 1.165) is 16.2 Å². The first-order chi connectivity index (χ1) is 15.2. The van der Waals surface area contributed by atoms with Crippen molar-refractivity contribution in [2.45, 2.75) is 39.2 Å². The number of hydrogen-bond acceptors (Lipinski definition) is 7. The van der Waals surface area contributed by atoms with Crippen LogP contribution in [0.25, 0.3) is 0 Å². The second kappa shape index (κ2) is 12.6. The van der Waals surface area contributed by atoms with Crippen LogP contribution in [0.4, 0.5) is 4.79 Å². The summed E-state index contributed by atoms with van der Waals surface area (Å²) in [6, 6.07) is 6.94. The van der Waals surface area contributed by atoms with Crippen LogP contribution < -0.4 is 9.46 Å². The van der Waals surface area contributed by atoms with Gasteiger partial charge in [0.05, 0.1) is 19.0 Å². The number of nitrogens with zero attached hydrogens (tertiary/aromatic N) is 1. The predicted molar refractivity (Wildman–Crippen MR) is 117 cm³/mol. The van der Waals surface area contributed by atoms with Crippen LogP contribution in [0, 0.1) is 5.92 Å². The largest absolute Gasteiger partial charge is 0.493 e. The topological polar surface area (TPSA) is 131 Å². The number of ether oxygens (including phenoxy) is 3. The summed E-state index contributed by atoms with van der Waals surface area (Å²) in [5, 5.41) is 8.86. The number of sulfonamides is 1. The van der Waals surface area contributed by atoms with Crippen molar-refractivity contribution in [1.29, 1.82) is 0 Å². The number of nitrogens with one attached hydrogen (secondary N) is 1. The maximum Gasteiger partial charge on any atom is 0.412 e. The molecule has 1 fully saturated rings. The van der Waals surface area contributed by atoms with E-state index in [9.17, 15) is 18.0 Å². The van der Waals surface area contributed by atoms with Crippen molar-refractivity contribution in [3.63, 3.8) is 0 Å². The first kappa shape index (κ1) is 25.9. The van der Waals surface area contributed by atoms with Gasteiger partial charge in [0.15, 0.2) is 0 Å². The summed E-state index contributed by atoms with van der Waals surface area (Å²) in [6.07, 6.45) is 1.76. The van der Waals surface area contributed by atoms with E-state index in [0.29, 0.717) is 12.5 Å². The Kier molecular flexibility index (Phi) is 10.2. The monoisotopic (exact) mass is 472 g/mol. The minimum Gasteiger partial charge on any atom is -0.493 e. The van der Waals surface area contributed by atoms with Crippen LogP contribution in [0.5, 0.6) is 5.75 Å². The molecule has 2 rings (SSSR count). The number of benzene rings is 1. The van der Waals surface area contributed by atoms with E-state index >= 15 is 0 Å². The van der Waals surface area contributed by atoms with Crippen molar-refractivity contribution < 1.29 is 37.3 Å². The van der Waals surface area contributed by atoms with Crippen LogP contribution >= 0.6 is 0 Å². The standard InChI is InChI=1S/C21H32N2O8S/c1-3-30-21(26)23(13-20(24)25)15-29-10-5-11-32(27,28)22-16(2)18-6-4-7-19(12-18)31-14-17-8-9-17/h4,6-7,12,16-17,22H,3,5,8-11,13-15H2,1-2H3,(H,24,25). The third-order valence-electron chi connectivity index (χ3n) is 4.70. The molecule has 0 aliphatic heterocycles. The van der Waals surface area contributed by atoms with Gasteiger partial charge in [-0.15, -0.1) is 0 Å². The van der Waals surface area contributed by atoms with Crippen LogP contribution in [-0.4, -0.2) is 69.3 Å². The lowest BCUT2D eigenvalue weighted by atomic mass is 10.1. The summed E-state index contributed by atoms with van der Waals surface area (Å²) >= 11 is 0. The maximum atomic E-state index is 12.4. The number of carboxylic acid groups (broad SMARTS) is 1. The predicted octanol–water partition coefficient (Wildman–Crippen LogP) is 2.36. The quantitative estimate of drug-likeness (QED) is 0.294. The number of amides is 1. The fourth-order valence-corrected chi connectivity index (χ4v) is 4.13.